The second-order valence-electron chi connectivity index (χ2n) is 9.36. The van der Waals surface area contributed by atoms with E-state index in [0.717, 1.165) is 11.6 Å². The molecule has 1 aromatic heterocycles. The van der Waals surface area contributed by atoms with Crippen LogP contribution in [0, 0.1) is 0 Å². The zero-order chi connectivity index (χ0) is 27.9. The molecule has 38 heavy (non-hydrogen) atoms. The van der Waals surface area contributed by atoms with E-state index in [1.807, 2.05) is 6.92 Å². The second-order valence-corrected chi connectivity index (χ2v) is 10.1. The molecule has 0 saturated heterocycles. The first-order valence-corrected chi connectivity index (χ1v) is 12.6. The molecular weight excluding hydrogens is 552 g/mol. The third kappa shape index (κ3) is 5.82. The summed E-state index contributed by atoms with van der Waals surface area (Å²) in [5, 5.41) is 17.1. The van der Waals surface area contributed by atoms with E-state index in [1.165, 1.54) is 0 Å². The van der Waals surface area contributed by atoms with Crippen LogP contribution in [0.4, 0.5) is 22.0 Å². The van der Waals surface area contributed by atoms with Crippen molar-refractivity contribution in [3.05, 3.63) is 75.5 Å². The van der Waals surface area contributed by atoms with Gasteiger partial charge in [0.15, 0.2) is 0 Å². The molecular formula is C26H24Cl2F5N3O2. The van der Waals surface area contributed by atoms with Gasteiger partial charge in [-0.2, -0.15) is 18.3 Å². The van der Waals surface area contributed by atoms with Crippen LogP contribution >= 0.6 is 23.2 Å². The number of aromatic nitrogens is 2. The standard InChI is InChI=1S/C26H24Cl2F5N3O2/c1-2-36-14-17(13-34-36)15-4-3-5-16(12-15)22(24(38)8-10-25(29,30)11-9-24)35-23(37)20-19(27)7-6-18(21(20)28)26(31,32)33/h3-7,12-14,22,38H,2,8-11H2,1H3,(H,35,37). The van der Waals surface area contributed by atoms with Crippen LogP contribution in [0.3, 0.4) is 0 Å². The predicted octanol–water partition coefficient (Wildman–Crippen LogP) is 7.31. The van der Waals surface area contributed by atoms with Crippen molar-refractivity contribution in [3.63, 3.8) is 0 Å². The number of halogens is 7. The molecule has 1 atom stereocenters. The highest BCUT2D eigenvalue weighted by Crippen LogP contribution is 2.45. The van der Waals surface area contributed by atoms with Gasteiger partial charge in [0.05, 0.1) is 39.0 Å². The number of hydrogen-bond acceptors (Lipinski definition) is 3. The van der Waals surface area contributed by atoms with E-state index in [4.69, 9.17) is 23.2 Å². The zero-order valence-corrected chi connectivity index (χ0v) is 21.6. The molecule has 1 heterocycles. The van der Waals surface area contributed by atoms with Gasteiger partial charge in [0.2, 0.25) is 5.92 Å². The monoisotopic (exact) mass is 575 g/mol. The fourth-order valence-corrected chi connectivity index (χ4v) is 5.28. The third-order valence-corrected chi connectivity index (χ3v) is 7.50. The molecule has 3 aromatic rings. The molecule has 2 aromatic carbocycles. The normalized spacial score (nSPS) is 17.7. The quantitative estimate of drug-likeness (QED) is 0.303. The molecule has 1 amide bonds. The topological polar surface area (TPSA) is 67.2 Å². The summed E-state index contributed by atoms with van der Waals surface area (Å²) in [5.74, 6) is -4.06. The van der Waals surface area contributed by atoms with Crippen LogP contribution in [0.2, 0.25) is 10.0 Å². The lowest BCUT2D eigenvalue weighted by Gasteiger charge is -2.42. The van der Waals surface area contributed by atoms with Crippen LogP contribution in [0.5, 0.6) is 0 Å². The second kappa shape index (κ2) is 10.5. The molecule has 0 bridgehead atoms. The molecule has 0 radical (unpaired) electrons. The number of aryl methyl sites for hydroxylation is 1. The van der Waals surface area contributed by atoms with Gasteiger partial charge in [-0.1, -0.05) is 41.4 Å². The average Bonchev–Trinajstić information content (AvgIpc) is 3.33. The first kappa shape index (κ1) is 28.3. The van der Waals surface area contributed by atoms with Crippen LogP contribution in [-0.2, 0) is 12.7 Å². The number of carbonyl (C=O) groups excluding carboxylic acids is 1. The zero-order valence-electron chi connectivity index (χ0n) is 20.1. The summed E-state index contributed by atoms with van der Waals surface area (Å²) in [6.07, 6.45) is -3.37. The Morgan fingerprint density at radius 1 is 1.13 bits per heavy atom. The number of aliphatic hydroxyl groups is 1. The Balaban J connectivity index is 1.76. The van der Waals surface area contributed by atoms with Crippen LogP contribution in [0.1, 0.15) is 60.1 Å². The summed E-state index contributed by atoms with van der Waals surface area (Å²) in [6, 6.07) is 7.02. The summed E-state index contributed by atoms with van der Waals surface area (Å²) in [5.41, 5.74) is -1.91. The summed E-state index contributed by atoms with van der Waals surface area (Å²) in [6.45, 7) is 2.54. The summed E-state index contributed by atoms with van der Waals surface area (Å²) >= 11 is 12.0. The predicted molar refractivity (Wildman–Crippen MR) is 133 cm³/mol. The number of benzene rings is 2. The van der Waals surface area contributed by atoms with Gasteiger partial charge < -0.3 is 10.4 Å². The lowest BCUT2D eigenvalue weighted by Crippen LogP contribution is -2.50. The van der Waals surface area contributed by atoms with E-state index in [2.05, 4.69) is 10.4 Å². The highest BCUT2D eigenvalue weighted by atomic mass is 35.5. The maximum atomic E-state index is 14.0. The fourth-order valence-electron chi connectivity index (χ4n) is 4.63. The van der Waals surface area contributed by atoms with Gasteiger partial charge >= 0.3 is 6.18 Å². The van der Waals surface area contributed by atoms with E-state index < -0.39 is 58.6 Å². The Hall–Kier alpha value is -2.69. The first-order valence-electron chi connectivity index (χ1n) is 11.8. The number of hydrogen-bond donors (Lipinski definition) is 2. The van der Waals surface area contributed by atoms with E-state index in [0.29, 0.717) is 23.7 Å². The molecule has 4 rings (SSSR count). The Kier molecular flexibility index (Phi) is 7.80. The molecule has 1 fully saturated rings. The molecule has 0 aliphatic heterocycles. The fraction of sp³-hybridized carbons (Fsp3) is 0.385. The Bertz CT molecular complexity index is 1330. The minimum absolute atomic E-state index is 0.331. The van der Waals surface area contributed by atoms with Crippen LogP contribution in [-0.4, -0.2) is 32.3 Å². The number of nitrogens with one attached hydrogen (secondary N) is 1. The number of rotatable bonds is 6. The Morgan fingerprint density at radius 2 is 1.82 bits per heavy atom. The molecule has 12 heteroatoms. The van der Waals surface area contributed by atoms with Crippen molar-refractivity contribution >= 4 is 29.1 Å². The molecule has 5 nitrogen and oxygen atoms in total. The van der Waals surface area contributed by atoms with Gasteiger partial charge in [0.25, 0.3) is 5.91 Å². The number of nitrogens with zero attached hydrogens (tertiary/aromatic N) is 2. The van der Waals surface area contributed by atoms with Gasteiger partial charge in [0, 0.05) is 31.1 Å². The van der Waals surface area contributed by atoms with Crippen molar-refractivity contribution in [1.29, 1.82) is 0 Å². The SMILES string of the molecule is CCn1cc(-c2cccc(C(NC(=O)c3c(Cl)ccc(C(F)(F)F)c3Cl)C3(O)CCC(F)(F)CC3)c2)cn1. The van der Waals surface area contributed by atoms with Gasteiger partial charge in [-0.05, 0) is 49.1 Å². The first-order chi connectivity index (χ1) is 17.7. The summed E-state index contributed by atoms with van der Waals surface area (Å²) < 4.78 is 70.0. The molecule has 204 valence electrons. The van der Waals surface area contributed by atoms with Gasteiger partial charge in [-0.3, -0.25) is 9.48 Å². The van der Waals surface area contributed by atoms with E-state index in [1.54, 1.807) is 41.3 Å². The maximum absolute atomic E-state index is 14.0. The van der Waals surface area contributed by atoms with Crippen LogP contribution in [0.25, 0.3) is 11.1 Å². The molecule has 1 saturated carbocycles. The highest BCUT2D eigenvalue weighted by Gasteiger charge is 2.48. The van der Waals surface area contributed by atoms with Gasteiger partial charge in [-0.15, -0.1) is 0 Å². The summed E-state index contributed by atoms with van der Waals surface area (Å²) in [7, 11) is 0. The van der Waals surface area contributed by atoms with Crippen molar-refractivity contribution in [2.45, 2.75) is 62.9 Å². The van der Waals surface area contributed by atoms with Crippen molar-refractivity contribution < 1.29 is 31.9 Å². The van der Waals surface area contributed by atoms with Crippen molar-refractivity contribution in [1.82, 2.24) is 15.1 Å². The molecule has 1 aliphatic carbocycles. The van der Waals surface area contributed by atoms with Gasteiger partial charge in [-0.25, -0.2) is 8.78 Å². The Labute approximate surface area is 225 Å². The number of amides is 1. The van der Waals surface area contributed by atoms with E-state index in [9.17, 15) is 31.9 Å². The summed E-state index contributed by atoms with van der Waals surface area (Å²) in [4.78, 5) is 13.3. The highest BCUT2D eigenvalue weighted by molar-refractivity contribution is 6.40. The average molecular weight is 576 g/mol. The lowest BCUT2D eigenvalue weighted by molar-refractivity contribution is -0.137. The minimum Gasteiger partial charge on any atom is -0.387 e. The largest absolute Gasteiger partial charge is 0.417 e. The molecule has 0 spiro atoms. The maximum Gasteiger partial charge on any atom is 0.417 e. The number of alkyl halides is 5. The number of carbonyl (C=O) groups is 1. The minimum atomic E-state index is -4.85. The van der Waals surface area contributed by atoms with E-state index in [-0.39, 0.29) is 17.9 Å². The molecule has 1 aliphatic rings. The van der Waals surface area contributed by atoms with Gasteiger partial charge in [0.1, 0.15) is 0 Å². The molecule has 1 unspecified atom stereocenters. The lowest BCUT2D eigenvalue weighted by atomic mass is 9.75. The van der Waals surface area contributed by atoms with E-state index >= 15 is 0 Å². The third-order valence-electron chi connectivity index (χ3n) is 6.79. The van der Waals surface area contributed by atoms with Crippen LogP contribution < -0.4 is 5.32 Å². The van der Waals surface area contributed by atoms with Crippen molar-refractivity contribution in [2.75, 3.05) is 0 Å². The van der Waals surface area contributed by atoms with Crippen molar-refractivity contribution in [2.24, 2.45) is 0 Å². The van der Waals surface area contributed by atoms with Crippen molar-refractivity contribution in [3.8, 4) is 11.1 Å². The molecule has 2 N–H and O–H groups in total. The smallest absolute Gasteiger partial charge is 0.387 e. The van der Waals surface area contributed by atoms with Crippen LogP contribution in [0.15, 0.2) is 48.8 Å². The Morgan fingerprint density at radius 3 is 2.42 bits per heavy atom.